The normalized spacial score (nSPS) is 24.2. The van der Waals surface area contributed by atoms with E-state index < -0.39 is 5.72 Å². The highest BCUT2D eigenvalue weighted by Gasteiger charge is 2.58. The maximum absolute atomic E-state index is 13.3. The molecule has 3 aromatic rings. The summed E-state index contributed by atoms with van der Waals surface area (Å²) in [6, 6.07) is 27.9. The molecule has 2 heterocycles. The average molecular weight is 327 g/mol. The van der Waals surface area contributed by atoms with Gasteiger partial charge < -0.3 is 4.74 Å². The van der Waals surface area contributed by atoms with Gasteiger partial charge in [0, 0.05) is 16.7 Å². The number of amides is 1. The largest absolute Gasteiger partial charge is 0.344 e. The van der Waals surface area contributed by atoms with Crippen LogP contribution in [0.3, 0.4) is 0 Å². The maximum Gasteiger partial charge on any atom is 0.257 e. The molecule has 0 aliphatic carbocycles. The average Bonchev–Trinajstić information content (AvgIpc) is 3.20. The van der Waals surface area contributed by atoms with E-state index in [1.54, 1.807) is 0 Å². The lowest BCUT2D eigenvalue weighted by Crippen LogP contribution is -2.41. The minimum atomic E-state index is -0.838. The minimum absolute atomic E-state index is 0.0332. The summed E-state index contributed by atoms with van der Waals surface area (Å²) in [5.74, 6) is 0.0332. The summed E-state index contributed by atoms with van der Waals surface area (Å²) in [7, 11) is 0. The monoisotopic (exact) mass is 327 g/mol. The number of nitrogens with zero attached hydrogens (tertiary/aromatic N) is 1. The van der Waals surface area contributed by atoms with Gasteiger partial charge in [0.2, 0.25) is 0 Å². The van der Waals surface area contributed by atoms with Crippen molar-refractivity contribution >= 4 is 5.91 Å². The van der Waals surface area contributed by atoms with Gasteiger partial charge in [-0.2, -0.15) is 0 Å². The Hall–Kier alpha value is -2.91. The zero-order valence-electron chi connectivity index (χ0n) is 13.6. The van der Waals surface area contributed by atoms with Gasteiger partial charge in [-0.3, -0.25) is 9.69 Å². The van der Waals surface area contributed by atoms with E-state index in [0.717, 1.165) is 22.3 Å². The predicted octanol–water partition coefficient (Wildman–Crippen LogP) is 4.12. The number of rotatable bonds is 2. The highest BCUT2D eigenvalue weighted by Crippen LogP contribution is 2.53. The number of carbonyl (C=O) groups is 1. The second-order valence-electron chi connectivity index (χ2n) is 6.47. The van der Waals surface area contributed by atoms with Gasteiger partial charge in [0.15, 0.2) is 5.72 Å². The zero-order chi connectivity index (χ0) is 16.9. The van der Waals surface area contributed by atoms with Crippen molar-refractivity contribution in [1.29, 1.82) is 0 Å². The van der Waals surface area contributed by atoms with Crippen molar-refractivity contribution in [2.75, 3.05) is 6.61 Å². The van der Waals surface area contributed by atoms with Crippen LogP contribution in [0.5, 0.6) is 0 Å². The van der Waals surface area contributed by atoms with Crippen LogP contribution in [0.15, 0.2) is 84.9 Å². The predicted molar refractivity (Wildman–Crippen MR) is 95.0 cm³/mol. The fourth-order valence-electron chi connectivity index (χ4n) is 4.11. The van der Waals surface area contributed by atoms with Crippen LogP contribution in [-0.2, 0) is 10.5 Å². The highest BCUT2D eigenvalue weighted by molar-refractivity contribution is 6.01. The molecule has 0 radical (unpaired) electrons. The van der Waals surface area contributed by atoms with Crippen molar-refractivity contribution in [2.45, 2.75) is 11.8 Å². The van der Waals surface area contributed by atoms with E-state index in [1.807, 2.05) is 77.7 Å². The summed E-state index contributed by atoms with van der Waals surface area (Å²) in [5.41, 5.74) is 2.92. The lowest BCUT2D eigenvalue weighted by atomic mass is 9.93. The zero-order valence-corrected chi connectivity index (χ0v) is 13.6. The lowest BCUT2D eigenvalue weighted by Gasteiger charge is -2.34. The van der Waals surface area contributed by atoms with Crippen LogP contribution in [0.4, 0.5) is 0 Å². The number of hydrogen-bond acceptors (Lipinski definition) is 2. The van der Waals surface area contributed by atoms with Crippen LogP contribution in [0, 0.1) is 0 Å². The van der Waals surface area contributed by atoms with Gasteiger partial charge in [0.25, 0.3) is 5.91 Å². The SMILES string of the molecule is O=C1c2ccccc2[C@@]2(c3ccccc3)OC[C@H](c3ccccc3)N12. The van der Waals surface area contributed by atoms with Crippen molar-refractivity contribution in [2.24, 2.45) is 0 Å². The molecule has 1 amide bonds. The molecule has 0 unspecified atom stereocenters. The Morgan fingerprint density at radius 2 is 1.48 bits per heavy atom. The van der Waals surface area contributed by atoms with Gasteiger partial charge in [-0.15, -0.1) is 0 Å². The first kappa shape index (κ1) is 14.4. The van der Waals surface area contributed by atoms with Crippen LogP contribution in [-0.4, -0.2) is 17.4 Å². The van der Waals surface area contributed by atoms with Gasteiger partial charge in [-0.05, 0) is 11.6 Å². The number of carbonyl (C=O) groups excluding carboxylic acids is 1. The van der Waals surface area contributed by atoms with Crippen LogP contribution < -0.4 is 0 Å². The first-order valence-electron chi connectivity index (χ1n) is 8.50. The first-order valence-corrected chi connectivity index (χ1v) is 8.50. The van der Waals surface area contributed by atoms with E-state index in [4.69, 9.17) is 4.74 Å². The van der Waals surface area contributed by atoms with Gasteiger partial charge in [0.05, 0.1) is 12.6 Å². The number of benzene rings is 3. The Morgan fingerprint density at radius 3 is 2.24 bits per heavy atom. The smallest absolute Gasteiger partial charge is 0.257 e. The first-order chi connectivity index (χ1) is 12.3. The van der Waals surface area contributed by atoms with Crippen molar-refractivity contribution in [3.8, 4) is 0 Å². The molecule has 3 aromatic carbocycles. The molecule has 122 valence electrons. The lowest BCUT2D eigenvalue weighted by molar-refractivity contribution is -0.0324. The number of hydrogen-bond donors (Lipinski definition) is 0. The molecule has 25 heavy (non-hydrogen) atoms. The molecule has 0 N–H and O–H groups in total. The molecule has 0 saturated carbocycles. The summed E-state index contributed by atoms with van der Waals surface area (Å²) < 4.78 is 6.42. The summed E-state index contributed by atoms with van der Waals surface area (Å²) in [5, 5.41) is 0. The molecule has 0 aromatic heterocycles. The molecule has 1 fully saturated rings. The summed E-state index contributed by atoms with van der Waals surface area (Å²) in [4.78, 5) is 15.2. The molecular weight excluding hydrogens is 310 g/mol. The fraction of sp³-hybridized carbons (Fsp3) is 0.136. The second kappa shape index (κ2) is 5.30. The molecule has 2 aliphatic heterocycles. The highest BCUT2D eigenvalue weighted by atomic mass is 16.5. The number of fused-ring (bicyclic) bond motifs is 3. The standard InChI is InChI=1S/C22H17NO2/c24-21-18-13-7-8-14-19(18)22(17-11-5-2-6-12-17)23(21)20(15-25-22)16-9-3-1-4-10-16/h1-14,20H,15H2/t20-,22-/m1/s1. The van der Waals surface area contributed by atoms with Gasteiger partial charge in [-0.1, -0.05) is 78.9 Å². The summed E-state index contributed by atoms with van der Waals surface area (Å²) in [6.07, 6.45) is 0. The van der Waals surface area contributed by atoms with Crippen LogP contribution in [0.25, 0.3) is 0 Å². The van der Waals surface area contributed by atoms with Crippen molar-refractivity contribution in [3.63, 3.8) is 0 Å². The van der Waals surface area contributed by atoms with E-state index in [2.05, 4.69) is 12.1 Å². The molecule has 0 bridgehead atoms. The number of ether oxygens (including phenoxy) is 1. The van der Waals surface area contributed by atoms with Crippen LogP contribution >= 0.6 is 0 Å². The van der Waals surface area contributed by atoms with Gasteiger partial charge in [-0.25, -0.2) is 0 Å². The minimum Gasteiger partial charge on any atom is -0.344 e. The molecule has 0 spiro atoms. The van der Waals surface area contributed by atoms with E-state index in [-0.39, 0.29) is 11.9 Å². The van der Waals surface area contributed by atoms with E-state index in [0.29, 0.717) is 6.61 Å². The quantitative estimate of drug-likeness (QED) is 0.709. The van der Waals surface area contributed by atoms with Crippen molar-refractivity contribution in [3.05, 3.63) is 107 Å². The summed E-state index contributed by atoms with van der Waals surface area (Å²) >= 11 is 0. The van der Waals surface area contributed by atoms with Crippen LogP contribution in [0.2, 0.25) is 0 Å². The van der Waals surface area contributed by atoms with Gasteiger partial charge >= 0.3 is 0 Å². The molecule has 5 rings (SSSR count). The molecule has 1 saturated heterocycles. The third kappa shape index (κ3) is 1.87. The molecule has 2 atom stereocenters. The van der Waals surface area contributed by atoms with E-state index in [1.165, 1.54) is 0 Å². The Labute approximate surface area is 146 Å². The fourth-order valence-corrected chi connectivity index (χ4v) is 4.11. The topological polar surface area (TPSA) is 29.5 Å². The second-order valence-corrected chi connectivity index (χ2v) is 6.47. The Morgan fingerprint density at radius 1 is 0.840 bits per heavy atom. The van der Waals surface area contributed by atoms with E-state index in [9.17, 15) is 4.79 Å². The molecule has 3 nitrogen and oxygen atoms in total. The third-order valence-corrected chi connectivity index (χ3v) is 5.19. The van der Waals surface area contributed by atoms with Crippen LogP contribution in [0.1, 0.15) is 33.1 Å². The Bertz CT molecular complexity index is 939. The Balaban J connectivity index is 1.75. The van der Waals surface area contributed by atoms with Gasteiger partial charge in [0.1, 0.15) is 0 Å². The summed E-state index contributed by atoms with van der Waals surface area (Å²) in [6.45, 7) is 0.485. The van der Waals surface area contributed by atoms with Crippen molar-refractivity contribution < 1.29 is 9.53 Å². The maximum atomic E-state index is 13.3. The molecule has 3 heteroatoms. The van der Waals surface area contributed by atoms with E-state index >= 15 is 0 Å². The third-order valence-electron chi connectivity index (χ3n) is 5.19. The molecule has 2 aliphatic rings. The Kier molecular flexibility index (Phi) is 3.06. The molecular formula is C22H17NO2. The van der Waals surface area contributed by atoms with Crippen molar-refractivity contribution in [1.82, 2.24) is 4.90 Å².